The molecule has 1 amide bonds. The number of ether oxygens (including phenoxy) is 2. The van der Waals surface area contributed by atoms with Gasteiger partial charge in [0.1, 0.15) is 0 Å². The van der Waals surface area contributed by atoms with Crippen LogP contribution >= 0.6 is 0 Å². The minimum absolute atomic E-state index is 0.00517. The number of methoxy groups -OCH3 is 2. The molecule has 0 spiro atoms. The maximum Gasteiger partial charge on any atom is 0.224 e. The van der Waals surface area contributed by atoms with Crippen molar-refractivity contribution in [2.24, 2.45) is 0 Å². The topological polar surface area (TPSA) is 84.9 Å². The maximum atomic E-state index is 12.4. The number of hydrogen-bond acceptors (Lipinski definition) is 6. The highest BCUT2D eigenvalue weighted by atomic mass is 32.2. The molecule has 1 saturated heterocycles. The van der Waals surface area contributed by atoms with Crippen molar-refractivity contribution >= 4 is 15.7 Å². The number of benzene rings is 1. The van der Waals surface area contributed by atoms with Crippen LogP contribution in [0.4, 0.5) is 0 Å². The summed E-state index contributed by atoms with van der Waals surface area (Å²) < 4.78 is 33.7. The quantitative estimate of drug-likeness (QED) is 0.645. The monoisotopic (exact) mass is 384 g/mol. The van der Waals surface area contributed by atoms with E-state index in [1.807, 2.05) is 25.1 Å². The Balaban J connectivity index is 1.80. The van der Waals surface area contributed by atoms with Crippen LogP contribution in [0.5, 0.6) is 11.5 Å². The first-order valence-corrected chi connectivity index (χ1v) is 10.6. The van der Waals surface area contributed by atoms with Crippen LogP contribution in [0.2, 0.25) is 0 Å². The number of sulfone groups is 1. The average Bonchev–Trinajstić information content (AvgIpc) is 2.98. The summed E-state index contributed by atoms with van der Waals surface area (Å²) in [6, 6.07) is 5.51. The molecule has 8 heteroatoms. The predicted octanol–water partition coefficient (Wildman–Crippen LogP) is 1.22. The lowest BCUT2D eigenvalue weighted by molar-refractivity contribution is -0.132. The van der Waals surface area contributed by atoms with Crippen molar-refractivity contribution in [1.82, 2.24) is 10.2 Å². The summed E-state index contributed by atoms with van der Waals surface area (Å²) >= 11 is 0. The number of nitrogens with zero attached hydrogens (tertiary/aromatic N) is 1. The van der Waals surface area contributed by atoms with E-state index in [0.717, 1.165) is 5.56 Å². The third-order valence-corrected chi connectivity index (χ3v) is 6.35. The van der Waals surface area contributed by atoms with Gasteiger partial charge in [-0.2, -0.15) is 0 Å². The lowest BCUT2D eigenvalue weighted by Gasteiger charge is -2.27. The number of nitrogens with one attached hydrogen (secondary N) is 1. The van der Waals surface area contributed by atoms with E-state index in [0.29, 0.717) is 44.0 Å². The zero-order valence-electron chi connectivity index (χ0n) is 15.7. The fourth-order valence-corrected chi connectivity index (χ4v) is 4.95. The van der Waals surface area contributed by atoms with Crippen molar-refractivity contribution in [1.29, 1.82) is 0 Å². The largest absolute Gasteiger partial charge is 0.493 e. The molecular formula is C18H28N2O5S. The standard InChI is InChI=1S/C18H28N2O5S/c1-4-20(15-8-10-26(22,23)13-15)18(21)7-9-19-12-14-5-6-16(24-2)17(11-14)25-3/h5-6,11,15,19H,4,7-10,12-13H2,1-3H3. The Morgan fingerprint density at radius 3 is 2.58 bits per heavy atom. The molecule has 1 heterocycles. The number of carbonyl (C=O) groups is 1. The molecule has 2 rings (SSSR count). The Morgan fingerprint density at radius 2 is 2.00 bits per heavy atom. The molecule has 1 aromatic carbocycles. The van der Waals surface area contributed by atoms with Gasteiger partial charge in [0.05, 0.1) is 25.7 Å². The number of amides is 1. The van der Waals surface area contributed by atoms with E-state index in [2.05, 4.69) is 5.32 Å². The predicted molar refractivity (Wildman–Crippen MR) is 100 cm³/mol. The molecule has 1 atom stereocenters. The van der Waals surface area contributed by atoms with E-state index in [-0.39, 0.29) is 23.5 Å². The molecule has 1 aromatic rings. The first kappa shape index (κ1) is 20.5. The van der Waals surface area contributed by atoms with E-state index in [9.17, 15) is 13.2 Å². The first-order valence-electron chi connectivity index (χ1n) is 8.81. The van der Waals surface area contributed by atoms with Crippen molar-refractivity contribution < 1.29 is 22.7 Å². The maximum absolute atomic E-state index is 12.4. The Kier molecular flexibility index (Phi) is 7.28. The molecule has 0 radical (unpaired) electrons. The van der Waals surface area contributed by atoms with Gasteiger partial charge in [0.25, 0.3) is 0 Å². The summed E-state index contributed by atoms with van der Waals surface area (Å²) in [6.07, 6.45) is 0.888. The first-order chi connectivity index (χ1) is 12.4. The van der Waals surface area contributed by atoms with Gasteiger partial charge >= 0.3 is 0 Å². The van der Waals surface area contributed by atoms with Gasteiger partial charge in [0, 0.05) is 32.1 Å². The fraction of sp³-hybridized carbons (Fsp3) is 0.611. The Hall–Kier alpha value is -1.80. The molecule has 0 bridgehead atoms. The lowest BCUT2D eigenvalue weighted by Crippen LogP contribution is -2.41. The summed E-state index contributed by atoms with van der Waals surface area (Å²) in [4.78, 5) is 14.1. The van der Waals surface area contributed by atoms with Gasteiger partial charge in [-0.1, -0.05) is 6.07 Å². The highest BCUT2D eigenvalue weighted by Gasteiger charge is 2.33. The molecule has 146 valence electrons. The van der Waals surface area contributed by atoms with Gasteiger partial charge < -0.3 is 19.7 Å². The van der Waals surface area contributed by atoms with Crippen molar-refractivity contribution in [2.45, 2.75) is 32.4 Å². The van der Waals surface area contributed by atoms with Gasteiger partial charge in [-0.25, -0.2) is 8.42 Å². The van der Waals surface area contributed by atoms with Crippen LogP contribution in [0, 0.1) is 0 Å². The van der Waals surface area contributed by atoms with Crippen LogP contribution in [0.25, 0.3) is 0 Å². The SMILES string of the molecule is CCN(C(=O)CCNCc1ccc(OC)c(OC)c1)C1CCS(=O)(=O)C1. The van der Waals surface area contributed by atoms with Crippen molar-refractivity contribution in [3.63, 3.8) is 0 Å². The van der Waals surface area contributed by atoms with Crippen molar-refractivity contribution in [2.75, 3.05) is 38.8 Å². The smallest absolute Gasteiger partial charge is 0.224 e. The molecule has 0 aromatic heterocycles. The highest BCUT2D eigenvalue weighted by Crippen LogP contribution is 2.27. The van der Waals surface area contributed by atoms with Crippen LogP contribution in [0.1, 0.15) is 25.3 Å². The Labute approximate surface area is 155 Å². The zero-order chi connectivity index (χ0) is 19.2. The van der Waals surface area contributed by atoms with Gasteiger partial charge in [-0.05, 0) is 31.0 Å². The lowest BCUT2D eigenvalue weighted by atomic mass is 10.2. The van der Waals surface area contributed by atoms with Crippen LogP contribution in [0.15, 0.2) is 18.2 Å². The number of carbonyl (C=O) groups excluding carboxylic acids is 1. The Morgan fingerprint density at radius 1 is 1.27 bits per heavy atom. The summed E-state index contributed by atoms with van der Waals surface area (Å²) in [6.45, 7) is 3.56. The second-order valence-electron chi connectivity index (χ2n) is 6.35. The molecule has 1 unspecified atom stereocenters. The van der Waals surface area contributed by atoms with Crippen molar-refractivity contribution in [3.8, 4) is 11.5 Å². The Bertz CT molecular complexity index is 720. The third-order valence-electron chi connectivity index (χ3n) is 4.60. The minimum Gasteiger partial charge on any atom is -0.493 e. The molecule has 1 fully saturated rings. The van der Waals surface area contributed by atoms with E-state index in [1.54, 1.807) is 19.1 Å². The summed E-state index contributed by atoms with van der Waals surface area (Å²) in [5, 5.41) is 3.25. The minimum atomic E-state index is -2.99. The second-order valence-corrected chi connectivity index (χ2v) is 8.58. The van der Waals surface area contributed by atoms with Crippen molar-refractivity contribution in [3.05, 3.63) is 23.8 Å². The van der Waals surface area contributed by atoms with Gasteiger partial charge in [-0.15, -0.1) is 0 Å². The van der Waals surface area contributed by atoms with E-state index in [4.69, 9.17) is 9.47 Å². The van der Waals surface area contributed by atoms with Gasteiger partial charge in [0.2, 0.25) is 5.91 Å². The highest BCUT2D eigenvalue weighted by molar-refractivity contribution is 7.91. The number of hydrogen-bond donors (Lipinski definition) is 1. The second kappa shape index (κ2) is 9.23. The molecule has 7 nitrogen and oxygen atoms in total. The molecular weight excluding hydrogens is 356 g/mol. The van der Waals surface area contributed by atoms with E-state index >= 15 is 0 Å². The van der Waals surface area contributed by atoms with Crippen LogP contribution in [0.3, 0.4) is 0 Å². The molecule has 1 aliphatic rings. The molecule has 1 aliphatic heterocycles. The van der Waals surface area contributed by atoms with Crippen LogP contribution in [-0.2, 0) is 21.2 Å². The van der Waals surface area contributed by atoms with Gasteiger partial charge in [0.15, 0.2) is 21.3 Å². The van der Waals surface area contributed by atoms with Crippen LogP contribution < -0.4 is 14.8 Å². The van der Waals surface area contributed by atoms with Crippen LogP contribution in [-0.4, -0.2) is 64.1 Å². The van der Waals surface area contributed by atoms with E-state index < -0.39 is 9.84 Å². The summed E-state index contributed by atoms with van der Waals surface area (Å²) in [5.41, 5.74) is 1.03. The summed E-state index contributed by atoms with van der Waals surface area (Å²) in [5.74, 6) is 1.61. The van der Waals surface area contributed by atoms with E-state index in [1.165, 1.54) is 0 Å². The molecule has 26 heavy (non-hydrogen) atoms. The molecule has 0 aliphatic carbocycles. The average molecular weight is 384 g/mol. The normalized spacial score (nSPS) is 18.5. The third kappa shape index (κ3) is 5.35. The number of rotatable bonds is 9. The summed E-state index contributed by atoms with van der Waals surface area (Å²) in [7, 11) is 0.198. The molecule has 0 saturated carbocycles. The molecule has 1 N–H and O–H groups in total. The van der Waals surface area contributed by atoms with Gasteiger partial charge in [-0.3, -0.25) is 4.79 Å². The fourth-order valence-electron chi connectivity index (χ4n) is 3.22. The zero-order valence-corrected chi connectivity index (χ0v) is 16.5.